The topological polar surface area (TPSA) is 157 Å². The molecule has 0 aromatic heterocycles. The molecule has 1 amide bonds. The maximum Gasteiger partial charge on any atom is 0.394 e. The molecule has 1 aliphatic carbocycles. The van der Waals surface area contributed by atoms with E-state index in [0.29, 0.717) is 36.7 Å². The lowest BCUT2D eigenvalue weighted by atomic mass is 9.53. The lowest BCUT2D eigenvalue weighted by Gasteiger charge is -2.58. The largest absolute Gasteiger partial charge is 0.493 e. The zero-order valence-electron chi connectivity index (χ0n) is 19.5. The summed E-state index contributed by atoms with van der Waals surface area (Å²) in [4.78, 5) is 18.3. The van der Waals surface area contributed by atoms with Crippen molar-refractivity contribution < 1.29 is 42.0 Å². The Kier molecular flexibility index (Phi) is 5.70. The smallest absolute Gasteiger partial charge is 0.394 e. The van der Waals surface area contributed by atoms with E-state index >= 15 is 0 Å². The van der Waals surface area contributed by atoms with Gasteiger partial charge in [-0.2, -0.15) is 8.42 Å². The highest BCUT2D eigenvalue weighted by Gasteiger charge is 2.71. The summed E-state index contributed by atoms with van der Waals surface area (Å²) in [7, 11) is -1.31. The van der Waals surface area contributed by atoms with Crippen LogP contribution in [0.4, 0.5) is 5.69 Å². The van der Waals surface area contributed by atoms with Crippen molar-refractivity contribution in [3.05, 3.63) is 29.3 Å². The van der Waals surface area contributed by atoms with Gasteiger partial charge in [-0.25, -0.2) is 0 Å². The molecule has 5 aliphatic heterocycles. The molecule has 1 aromatic carbocycles. The molecule has 5 unspecified atom stereocenters. The predicted octanol–water partition coefficient (Wildman–Crippen LogP) is 0.632. The van der Waals surface area contributed by atoms with Crippen LogP contribution < -0.4 is 14.4 Å². The number of fused-ring (bicyclic) bond motifs is 2. The van der Waals surface area contributed by atoms with Crippen molar-refractivity contribution >= 4 is 22.0 Å². The van der Waals surface area contributed by atoms with Crippen LogP contribution in [0.3, 0.4) is 0 Å². The van der Waals surface area contributed by atoms with E-state index in [1.54, 1.807) is 19.8 Å². The Balaban J connectivity index is 0.000000388. The summed E-state index contributed by atoms with van der Waals surface area (Å²) in [6, 6.07) is 4.87. The lowest BCUT2D eigenvalue weighted by molar-refractivity contribution is -0.132. The summed E-state index contributed by atoms with van der Waals surface area (Å²) in [6.07, 6.45) is 5.11. The third-order valence-corrected chi connectivity index (χ3v) is 8.81. The van der Waals surface area contributed by atoms with Crippen molar-refractivity contribution in [3.63, 3.8) is 0 Å². The number of hydrogen-bond acceptors (Lipinski definition) is 7. The average molecular weight is 511 g/mol. The molecule has 35 heavy (non-hydrogen) atoms. The molecule has 1 aromatic rings. The molecule has 6 aliphatic rings. The van der Waals surface area contributed by atoms with Crippen molar-refractivity contribution in [2.45, 2.75) is 42.9 Å². The molecule has 1 saturated carbocycles. The van der Waals surface area contributed by atoms with Crippen molar-refractivity contribution in [1.82, 2.24) is 4.90 Å². The van der Waals surface area contributed by atoms with Gasteiger partial charge in [-0.3, -0.25) is 18.8 Å². The van der Waals surface area contributed by atoms with Crippen LogP contribution in [0.15, 0.2) is 23.8 Å². The van der Waals surface area contributed by atoms with Crippen LogP contribution in [0.2, 0.25) is 0 Å². The number of amides is 1. The zero-order valence-corrected chi connectivity index (χ0v) is 20.3. The van der Waals surface area contributed by atoms with Gasteiger partial charge in [-0.05, 0) is 36.9 Å². The Morgan fingerprint density at radius 1 is 1.17 bits per heavy atom. The molecule has 4 N–H and O–H groups in total. The Labute approximate surface area is 203 Å². The third kappa shape index (κ3) is 3.35. The quantitative estimate of drug-likeness (QED) is 0.430. The molecule has 12 heteroatoms. The van der Waals surface area contributed by atoms with Crippen LogP contribution in [0.5, 0.6) is 11.5 Å². The van der Waals surface area contributed by atoms with E-state index in [1.807, 2.05) is 6.07 Å². The average Bonchev–Trinajstić information content (AvgIpc) is 3.24. The van der Waals surface area contributed by atoms with Crippen molar-refractivity contribution in [2.24, 2.45) is 11.8 Å². The number of carbonyl (C=O) groups is 1. The van der Waals surface area contributed by atoms with Crippen molar-refractivity contribution in [2.75, 3.05) is 38.8 Å². The first kappa shape index (κ1) is 24.5. The molecule has 1 spiro atoms. The fourth-order valence-electron chi connectivity index (χ4n) is 7.87. The standard InChI is InChI=1S/C23H26N2O4.H2O4S.H2O/c1-27-16-8-14-15(9-17(16)28-2)25-20(26)10-18-21-13-7-19-23(14,22(21)25)4-5-24(19)11-12(13)3-6-29-18;1-5(2,3)4;/h3,8-9,13,18-19,21-22H,4-7,10-11H2,1-2H3;(H2,1,2,3,4);1H2/t13?,18?,19-,21?,22?,23?;;/m0../s1. The first-order valence-electron chi connectivity index (χ1n) is 11.5. The minimum absolute atomic E-state index is 0. The molecule has 5 heterocycles. The Bertz CT molecular complexity index is 1190. The van der Waals surface area contributed by atoms with Gasteiger partial charge in [0.05, 0.1) is 45.1 Å². The van der Waals surface area contributed by atoms with Gasteiger partial charge in [-0.15, -0.1) is 0 Å². The number of ether oxygens (including phenoxy) is 3. The van der Waals surface area contributed by atoms with Crippen molar-refractivity contribution in [1.29, 1.82) is 0 Å². The van der Waals surface area contributed by atoms with E-state index in [-0.39, 0.29) is 28.9 Å². The first-order valence-corrected chi connectivity index (χ1v) is 12.9. The summed E-state index contributed by atoms with van der Waals surface area (Å²) >= 11 is 0. The fourth-order valence-corrected chi connectivity index (χ4v) is 7.87. The van der Waals surface area contributed by atoms with Gasteiger partial charge in [0.1, 0.15) is 0 Å². The Morgan fingerprint density at radius 2 is 1.86 bits per heavy atom. The number of anilines is 1. The van der Waals surface area contributed by atoms with E-state index in [9.17, 15) is 4.79 Å². The van der Waals surface area contributed by atoms with E-state index in [0.717, 1.165) is 30.9 Å². The molecule has 6 atom stereocenters. The van der Waals surface area contributed by atoms with Gasteiger partial charge >= 0.3 is 10.4 Å². The number of carbonyl (C=O) groups excluding carboxylic acids is 1. The number of piperidine rings is 2. The summed E-state index contributed by atoms with van der Waals surface area (Å²) in [6.45, 7) is 2.80. The van der Waals surface area contributed by atoms with E-state index in [4.69, 9.17) is 31.7 Å². The predicted molar refractivity (Wildman–Crippen MR) is 124 cm³/mol. The number of methoxy groups -OCH3 is 2. The summed E-state index contributed by atoms with van der Waals surface area (Å²) in [5.74, 6) is 2.57. The van der Waals surface area contributed by atoms with Gasteiger partial charge in [0.15, 0.2) is 11.5 Å². The van der Waals surface area contributed by atoms with Gasteiger partial charge < -0.3 is 24.6 Å². The first-order chi connectivity index (χ1) is 16.2. The monoisotopic (exact) mass is 510 g/mol. The zero-order chi connectivity index (χ0) is 24.0. The van der Waals surface area contributed by atoms with E-state index in [2.05, 4.69) is 21.9 Å². The molecular formula is C23H30N2O9S. The second kappa shape index (κ2) is 8.15. The summed E-state index contributed by atoms with van der Waals surface area (Å²) < 4.78 is 49.2. The second-order valence-electron chi connectivity index (χ2n) is 9.93. The third-order valence-electron chi connectivity index (χ3n) is 8.81. The highest BCUT2D eigenvalue weighted by Crippen LogP contribution is 2.66. The normalized spacial score (nSPS) is 35.7. The van der Waals surface area contributed by atoms with Gasteiger partial charge in [0.2, 0.25) is 5.91 Å². The van der Waals surface area contributed by atoms with Crippen LogP contribution in [0.1, 0.15) is 24.8 Å². The lowest BCUT2D eigenvalue weighted by Crippen LogP contribution is -2.69. The number of nitrogens with zero attached hydrogens (tertiary/aromatic N) is 2. The minimum Gasteiger partial charge on any atom is -0.493 e. The molecule has 2 bridgehead atoms. The molecule has 3 saturated heterocycles. The number of hydrogen-bond donors (Lipinski definition) is 2. The van der Waals surface area contributed by atoms with Gasteiger partial charge in [0.25, 0.3) is 0 Å². The van der Waals surface area contributed by atoms with E-state index < -0.39 is 10.4 Å². The highest BCUT2D eigenvalue weighted by molar-refractivity contribution is 7.79. The van der Waals surface area contributed by atoms with Gasteiger partial charge in [0, 0.05) is 30.0 Å². The summed E-state index contributed by atoms with van der Waals surface area (Å²) in [5, 5.41) is 0. The van der Waals surface area contributed by atoms with Crippen LogP contribution in [0.25, 0.3) is 0 Å². The van der Waals surface area contributed by atoms with Gasteiger partial charge in [-0.1, -0.05) is 11.6 Å². The SMILES string of the molecule is COc1cc2c(cc1OC)C13CCN4CC5=CCOC6CC(=O)N2C1C6C5C[C@H]43.O.O=S(=O)(O)O. The second-order valence-corrected chi connectivity index (χ2v) is 10.8. The number of benzene rings is 1. The van der Waals surface area contributed by atoms with E-state index in [1.165, 1.54) is 12.0 Å². The maximum absolute atomic E-state index is 13.5. The molecule has 192 valence electrons. The maximum atomic E-state index is 13.5. The van der Waals surface area contributed by atoms with Crippen molar-refractivity contribution in [3.8, 4) is 11.5 Å². The number of rotatable bonds is 2. The summed E-state index contributed by atoms with van der Waals surface area (Å²) in [5.41, 5.74) is 3.85. The van der Waals surface area contributed by atoms with Crippen LogP contribution in [-0.2, 0) is 25.3 Å². The minimum atomic E-state index is -4.67. The van der Waals surface area contributed by atoms with Crippen LogP contribution in [0, 0.1) is 11.8 Å². The highest BCUT2D eigenvalue weighted by atomic mass is 32.3. The molecule has 0 radical (unpaired) electrons. The fraction of sp³-hybridized carbons (Fsp3) is 0.609. The van der Waals surface area contributed by atoms with Crippen LogP contribution >= 0.6 is 0 Å². The Morgan fingerprint density at radius 3 is 2.54 bits per heavy atom. The molecule has 7 rings (SSSR count). The molecule has 4 fully saturated rings. The molecule has 11 nitrogen and oxygen atoms in total. The van der Waals surface area contributed by atoms with Crippen LogP contribution in [-0.4, -0.2) is 85.9 Å². The molecular weight excluding hydrogens is 480 g/mol. The Hall–Kier alpha value is -2.22.